The van der Waals surface area contributed by atoms with Gasteiger partial charge in [-0.05, 0) is 25.8 Å². The molecule has 0 spiro atoms. The van der Waals surface area contributed by atoms with Crippen molar-refractivity contribution >= 4 is 5.91 Å². The number of methoxy groups -OCH3 is 1. The van der Waals surface area contributed by atoms with E-state index in [9.17, 15) is 4.79 Å². The van der Waals surface area contributed by atoms with E-state index >= 15 is 0 Å². The minimum Gasteiger partial charge on any atom is -0.381 e. The average molecular weight is 242 g/mol. The van der Waals surface area contributed by atoms with Gasteiger partial charge in [0.25, 0.3) is 0 Å². The lowest BCUT2D eigenvalue weighted by Gasteiger charge is -2.51. The second-order valence-corrected chi connectivity index (χ2v) is 5.50. The minimum atomic E-state index is 0.0572. The molecule has 1 amide bonds. The van der Waals surface area contributed by atoms with Crippen molar-refractivity contribution in [1.29, 1.82) is 0 Å². The highest BCUT2D eigenvalue weighted by Gasteiger charge is 2.49. The summed E-state index contributed by atoms with van der Waals surface area (Å²) in [6.45, 7) is 5.00. The van der Waals surface area contributed by atoms with E-state index in [0.717, 1.165) is 25.7 Å². The van der Waals surface area contributed by atoms with Crippen LogP contribution in [0.3, 0.4) is 0 Å². The van der Waals surface area contributed by atoms with Crippen LogP contribution in [0.15, 0.2) is 0 Å². The first-order valence-corrected chi connectivity index (χ1v) is 6.54. The van der Waals surface area contributed by atoms with Gasteiger partial charge in [0.1, 0.15) is 0 Å². The van der Waals surface area contributed by atoms with Gasteiger partial charge in [0, 0.05) is 25.0 Å². The fourth-order valence-corrected chi connectivity index (χ4v) is 2.40. The zero-order chi connectivity index (χ0) is 12.9. The van der Waals surface area contributed by atoms with Crippen LogP contribution in [0, 0.1) is 5.41 Å². The van der Waals surface area contributed by atoms with E-state index in [1.165, 1.54) is 0 Å². The monoisotopic (exact) mass is 242 g/mol. The molecule has 0 radical (unpaired) electrons. The fraction of sp³-hybridized carbons (Fsp3) is 0.923. The quantitative estimate of drug-likeness (QED) is 0.664. The van der Waals surface area contributed by atoms with Crippen LogP contribution in [0.1, 0.15) is 46.0 Å². The molecule has 2 unspecified atom stereocenters. The first-order chi connectivity index (χ1) is 8.02. The van der Waals surface area contributed by atoms with E-state index in [-0.39, 0.29) is 23.5 Å². The van der Waals surface area contributed by atoms with Gasteiger partial charge in [0.15, 0.2) is 0 Å². The highest BCUT2D eigenvalue weighted by atomic mass is 16.5. The molecule has 1 aliphatic rings. The molecule has 17 heavy (non-hydrogen) atoms. The molecule has 0 heterocycles. The molecule has 0 bridgehead atoms. The SMILES string of the molecule is COC1CC(NC(=O)CCCCCN)C1(C)C. The summed E-state index contributed by atoms with van der Waals surface area (Å²) in [5.74, 6) is 0.162. The van der Waals surface area contributed by atoms with E-state index in [2.05, 4.69) is 19.2 Å². The highest BCUT2D eigenvalue weighted by molar-refractivity contribution is 5.76. The van der Waals surface area contributed by atoms with Crippen LogP contribution >= 0.6 is 0 Å². The first-order valence-electron chi connectivity index (χ1n) is 6.54. The van der Waals surface area contributed by atoms with Gasteiger partial charge in [-0.15, -0.1) is 0 Å². The number of rotatable bonds is 7. The smallest absolute Gasteiger partial charge is 0.220 e. The molecular formula is C13H26N2O2. The topological polar surface area (TPSA) is 64.3 Å². The maximum atomic E-state index is 11.7. The van der Waals surface area contributed by atoms with E-state index in [1.807, 2.05) is 0 Å². The van der Waals surface area contributed by atoms with Crippen LogP contribution < -0.4 is 11.1 Å². The molecule has 1 saturated carbocycles. The van der Waals surface area contributed by atoms with Gasteiger partial charge in [0.05, 0.1) is 6.10 Å². The Morgan fingerprint density at radius 2 is 2.12 bits per heavy atom. The predicted octanol–water partition coefficient (Wildman–Crippen LogP) is 1.44. The van der Waals surface area contributed by atoms with E-state index < -0.39 is 0 Å². The second kappa shape index (κ2) is 6.36. The number of carbonyl (C=O) groups excluding carboxylic acids is 1. The zero-order valence-corrected chi connectivity index (χ0v) is 11.3. The fourth-order valence-electron chi connectivity index (χ4n) is 2.40. The highest BCUT2D eigenvalue weighted by Crippen LogP contribution is 2.42. The molecule has 0 aromatic carbocycles. The Labute approximate surface area is 104 Å². The molecule has 2 atom stereocenters. The van der Waals surface area contributed by atoms with Crippen LogP contribution in [0.4, 0.5) is 0 Å². The number of amides is 1. The molecule has 100 valence electrons. The molecule has 1 fully saturated rings. The van der Waals surface area contributed by atoms with Crippen LogP contribution in [-0.2, 0) is 9.53 Å². The van der Waals surface area contributed by atoms with Crippen molar-refractivity contribution in [3.8, 4) is 0 Å². The van der Waals surface area contributed by atoms with Crippen molar-refractivity contribution in [3.63, 3.8) is 0 Å². The summed E-state index contributed by atoms with van der Waals surface area (Å²) < 4.78 is 5.36. The Hall–Kier alpha value is -0.610. The van der Waals surface area contributed by atoms with Crippen LogP contribution in [0.5, 0.6) is 0 Å². The lowest BCUT2D eigenvalue weighted by Crippen LogP contribution is -2.61. The van der Waals surface area contributed by atoms with Gasteiger partial charge in [-0.1, -0.05) is 20.3 Å². The standard InChI is InChI=1S/C13H26N2O2/c1-13(2)10(9-11(13)17-3)15-12(16)7-5-4-6-8-14/h10-11H,4-9,14H2,1-3H3,(H,15,16). The zero-order valence-electron chi connectivity index (χ0n) is 11.3. The third-order valence-corrected chi connectivity index (χ3v) is 3.91. The Morgan fingerprint density at radius 1 is 1.41 bits per heavy atom. The summed E-state index contributed by atoms with van der Waals surface area (Å²) >= 11 is 0. The van der Waals surface area contributed by atoms with Crippen molar-refractivity contribution in [2.45, 2.75) is 58.1 Å². The van der Waals surface area contributed by atoms with Gasteiger partial charge in [-0.25, -0.2) is 0 Å². The van der Waals surface area contributed by atoms with Gasteiger partial charge < -0.3 is 15.8 Å². The number of ether oxygens (including phenoxy) is 1. The molecule has 1 rings (SSSR count). The third kappa shape index (κ3) is 3.68. The summed E-state index contributed by atoms with van der Waals surface area (Å²) in [5, 5.41) is 3.10. The van der Waals surface area contributed by atoms with Gasteiger partial charge in [-0.2, -0.15) is 0 Å². The van der Waals surface area contributed by atoms with E-state index in [0.29, 0.717) is 13.0 Å². The minimum absolute atomic E-state index is 0.0572. The molecule has 4 heteroatoms. The Morgan fingerprint density at radius 3 is 2.65 bits per heavy atom. The van der Waals surface area contributed by atoms with E-state index in [1.54, 1.807) is 7.11 Å². The molecule has 0 aromatic heterocycles. The number of unbranched alkanes of at least 4 members (excludes halogenated alkanes) is 2. The maximum Gasteiger partial charge on any atom is 0.220 e. The van der Waals surface area contributed by atoms with E-state index in [4.69, 9.17) is 10.5 Å². The van der Waals surface area contributed by atoms with Crippen molar-refractivity contribution in [3.05, 3.63) is 0 Å². The van der Waals surface area contributed by atoms with Gasteiger partial charge in [-0.3, -0.25) is 4.79 Å². The summed E-state index contributed by atoms with van der Waals surface area (Å²) in [4.78, 5) is 11.7. The van der Waals surface area contributed by atoms with Gasteiger partial charge >= 0.3 is 0 Å². The predicted molar refractivity (Wildman–Crippen MR) is 68.6 cm³/mol. The number of nitrogens with one attached hydrogen (secondary N) is 1. The molecule has 4 nitrogen and oxygen atoms in total. The molecular weight excluding hydrogens is 216 g/mol. The second-order valence-electron chi connectivity index (χ2n) is 5.50. The largest absolute Gasteiger partial charge is 0.381 e. The lowest BCUT2D eigenvalue weighted by atomic mass is 9.64. The lowest BCUT2D eigenvalue weighted by molar-refractivity contribution is -0.132. The van der Waals surface area contributed by atoms with Crippen molar-refractivity contribution in [2.24, 2.45) is 11.1 Å². The number of hydrogen-bond donors (Lipinski definition) is 2. The summed E-state index contributed by atoms with van der Waals surface area (Å²) in [6.07, 6.45) is 4.80. The molecule has 0 saturated heterocycles. The maximum absolute atomic E-state index is 11.7. The number of carbonyl (C=O) groups is 1. The van der Waals surface area contributed by atoms with Crippen LogP contribution in [0.2, 0.25) is 0 Å². The van der Waals surface area contributed by atoms with Crippen LogP contribution in [-0.4, -0.2) is 31.7 Å². The Kier molecular flexibility index (Phi) is 5.40. The molecule has 3 N–H and O–H groups in total. The summed E-state index contributed by atoms with van der Waals surface area (Å²) in [7, 11) is 1.73. The first kappa shape index (κ1) is 14.5. The third-order valence-electron chi connectivity index (χ3n) is 3.91. The van der Waals surface area contributed by atoms with Crippen LogP contribution in [0.25, 0.3) is 0 Å². The molecule has 0 aromatic rings. The molecule has 0 aliphatic heterocycles. The van der Waals surface area contributed by atoms with Crippen molar-refractivity contribution < 1.29 is 9.53 Å². The number of nitrogens with two attached hydrogens (primary N) is 1. The van der Waals surface area contributed by atoms with Crippen molar-refractivity contribution in [1.82, 2.24) is 5.32 Å². The summed E-state index contributed by atoms with van der Waals surface area (Å²) in [6, 6.07) is 0.259. The number of hydrogen-bond acceptors (Lipinski definition) is 3. The molecule has 1 aliphatic carbocycles. The Bertz CT molecular complexity index is 254. The van der Waals surface area contributed by atoms with Gasteiger partial charge in [0.2, 0.25) is 5.91 Å². The normalized spacial score (nSPS) is 26.4. The van der Waals surface area contributed by atoms with Crippen molar-refractivity contribution in [2.75, 3.05) is 13.7 Å². The summed E-state index contributed by atoms with van der Waals surface area (Å²) in [5.41, 5.74) is 5.47. The Balaban J connectivity index is 2.20. The average Bonchev–Trinajstić information content (AvgIpc) is 2.29.